The van der Waals surface area contributed by atoms with Crippen molar-refractivity contribution in [3.05, 3.63) is 278 Å². The van der Waals surface area contributed by atoms with Gasteiger partial charge in [0.15, 0.2) is 0 Å². The summed E-state index contributed by atoms with van der Waals surface area (Å²) >= 11 is 0. The highest BCUT2D eigenvalue weighted by Crippen LogP contribution is 2.43. The van der Waals surface area contributed by atoms with Crippen molar-refractivity contribution in [3.8, 4) is 16.8 Å². The molecule has 0 aliphatic rings. The van der Waals surface area contributed by atoms with Gasteiger partial charge >= 0.3 is 0 Å². The van der Waals surface area contributed by atoms with E-state index in [1.807, 2.05) is 0 Å². The lowest BCUT2D eigenvalue weighted by Gasteiger charge is -2.27. The minimum absolute atomic E-state index is 1.07. The Morgan fingerprint density at radius 2 is 0.926 bits per heavy atom. The number of rotatable bonds is 8. The summed E-state index contributed by atoms with van der Waals surface area (Å²) in [7, 11) is 0. The molecule has 68 heavy (non-hydrogen) atoms. The van der Waals surface area contributed by atoms with E-state index < -0.39 is 0 Å². The molecule has 1 heterocycles. The van der Waals surface area contributed by atoms with Crippen molar-refractivity contribution in [2.45, 2.75) is 0 Å². The Labute approximate surface area is 395 Å². The van der Waals surface area contributed by atoms with Gasteiger partial charge in [0.1, 0.15) is 0 Å². The number of benzene rings is 12. The molecule has 0 saturated carbocycles. The molecule has 0 unspecified atom stereocenters. The van der Waals surface area contributed by atoms with Gasteiger partial charge in [0, 0.05) is 33.5 Å². The van der Waals surface area contributed by atoms with Gasteiger partial charge in [0.05, 0.1) is 11.0 Å². The zero-order valence-electron chi connectivity index (χ0n) is 37.3. The van der Waals surface area contributed by atoms with Crippen LogP contribution in [0.4, 0.5) is 17.1 Å². The Morgan fingerprint density at radius 3 is 1.74 bits per heavy atom. The van der Waals surface area contributed by atoms with Gasteiger partial charge in [0.2, 0.25) is 0 Å². The largest absolute Gasteiger partial charge is 0.310 e. The maximum Gasteiger partial charge on any atom is 0.0541 e. The Morgan fingerprint density at radius 1 is 0.309 bits per heavy atom. The average Bonchev–Trinajstić information content (AvgIpc) is 3.74. The van der Waals surface area contributed by atoms with Crippen molar-refractivity contribution in [2.24, 2.45) is 0 Å². The number of anilines is 3. The predicted molar refractivity (Wildman–Crippen MR) is 291 cm³/mol. The third-order valence-electron chi connectivity index (χ3n) is 13.7. The molecule has 0 amide bonds. The first-order chi connectivity index (χ1) is 33.7. The lowest BCUT2D eigenvalue weighted by Crippen LogP contribution is -2.10. The van der Waals surface area contributed by atoms with Crippen molar-refractivity contribution in [1.82, 2.24) is 4.57 Å². The van der Waals surface area contributed by atoms with Crippen LogP contribution in [0, 0.1) is 0 Å². The Bertz CT molecular complexity index is 4090. The van der Waals surface area contributed by atoms with Crippen LogP contribution in [0.25, 0.3) is 93.4 Å². The fourth-order valence-corrected chi connectivity index (χ4v) is 10.4. The number of hydrogen-bond acceptors (Lipinski definition) is 1. The van der Waals surface area contributed by atoms with E-state index in [-0.39, 0.29) is 0 Å². The standard InChI is InChI=1S/C66H44N2/c1-3-17-48(18-4-1)63(38-45-27-28-46-15-7-9-20-50(46)37-45)55-39-54(42-59(43-55)67(56-22-5-2-6-23-56)57-33-31-47-16-8-10-21-51(47)40-57)52-32-36-66-64(44-52)62-25-13-14-26-65(62)68(66)58-34-35-61-53(41-58)30-29-49-19-11-12-24-60(49)61/h1-44H. The number of aromatic nitrogens is 1. The van der Waals surface area contributed by atoms with Crippen LogP contribution in [0.3, 0.4) is 0 Å². The van der Waals surface area contributed by atoms with Crippen LogP contribution in [0.15, 0.2) is 261 Å². The highest BCUT2D eigenvalue weighted by Gasteiger charge is 2.20. The van der Waals surface area contributed by atoms with Crippen molar-refractivity contribution in [2.75, 3.05) is 4.90 Å². The average molecular weight is 865 g/mol. The molecule has 318 valence electrons. The van der Waals surface area contributed by atoms with Gasteiger partial charge in [-0.15, -0.1) is 0 Å². The van der Waals surface area contributed by atoms with Crippen molar-refractivity contribution >= 4 is 93.6 Å². The summed E-state index contributed by atoms with van der Waals surface area (Å²) in [5.74, 6) is 0. The first-order valence-corrected chi connectivity index (χ1v) is 23.4. The zero-order chi connectivity index (χ0) is 45.0. The molecule has 0 atom stereocenters. The third kappa shape index (κ3) is 6.99. The molecule has 0 aliphatic heterocycles. The van der Waals surface area contributed by atoms with Crippen molar-refractivity contribution in [3.63, 3.8) is 0 Å². The fraction of sp³-hybridized carbons (Fsp3) is 0. The van der Waals surface area contributed by atoms with Gasteiger partial charge in [-0.05, 0) is 161 Å². The maximum absolute atomic E-state index is 2.43. The quantitative estimate of drug-likeness (QED) is 0.109. The zero-order valence-corrected chi connectivity index (χ0v) is 37.3. The van der Waals surface area contributed by atoms with Crippen LogP contribution in [0.2, 0.25) is 0 Å². The van der Waals surface area contributed by atoms with E-state index in [9.17, 15) is 0 Å². The van der Waals surface area contributed by atoms with Crippen LogP contribution in [0.1, 0.15) is 16.7 Å². The molecule has 0 saturated heterocycles. The Balaban J connectivity index is 1.04. The van der Waals surface area contributed by atoms with E-state index in [0.717, 1.165) is 56.1 Å². The summed E-state index contributed by atoms with van der Waals surface area (Å²) in [5.41, 5.74) is 13.6. The Kier molecular flexibility index (Phi) is 9.54. The first kappa shape index (κ1) is 39.4. The van der Waals surface area contributed by atoms with Gasteiger partial charge in [-0.25, -0.2) is 0 Å². The number of hydrogen-bond donors (Lipinski definition) is 0. The van der Waals surface area contributed by atoms with E-state index in [0.29, 0.717) is 0 Å². The van der Waals surface area contributed by atoms with Gasteiger partial charge < -0.3 is 9.47 Å². The number of para-hydroxylation sites is 2. The molecule has 0 aliphatic carbocycles. The van der Waals surface area contributed by atoms with Crippen LogP contribution in [-0.4, -0.2) is 4.57 Å². The molecule has 0 radical (unpaired) electrons. The van der Waals surface area contributed by atoms with Crippen LogP contribution >= 0.6 is 0 Å². The summed E-state index contributed by atoms with van der Waals surface area (Å²) in [5, 5.41) is 12.3. The van der Waals surface area contributed by atoms with Crippen molar-refractivity contribution in [1.29, 1.82) is 0 Å². The Hall–Kier alpha value is -8.98. The second kappa shape index (κ2) is 16.5. The topological polar surface area (TPSA) is 8.17 Å². The van der Waals surface area contributed by atoms with E-state index in [4.69, 9.17) is 0 Å². The summed E-state index contributed by atoms with van der Waals surface area (Å²) in [6.07, 6.45) is 2.36. The molecular formula is C66H44N2. The van der Waals surface area contributed by atoms with Crippen LogP contribution < -0.4 is 4.90 Å². The fourth-order valence-electron chi connectivity index (χ4n) is 10.4. The van der Waals surface area contributed by atoms with Gasteiger partial charge in [-0.1, -0.05) is 182 Å². The monoisotopic (exact) mass is 864 g/mol. The molecule has 2 heteroatoms. The molecule has 2 nitrogen and oxygen atoms in total. The summed E-state index contributed by atoms with van der Waals surface area (Å²) in [6.45, 7) is 0. The summed E-state index contributed by atoms with van der Waals surface area (Å²) < 4.78 is 2.43. The van der Waals surface area contributed by atoms with E-state index >= 15 is 0 Å². The van der Waals surface area contributed by atoms with E-state index in [1.54, 1.807) is 0 Å². The lowest BCUT2D eigenvalue weighted by molar-refractivity contribution is 1.19. The van der Waals surface area contributed by atoms with Gasteiger partial charge in [-0.3, -0.25) is 0 Å². The van der Waals surface area contributed by atoms with Gasteiger partial charge in [0.25, 0.3) is 0 Å². The third-order valence-corrected chi connectivity index (χ3v) is 13.7. The van der Waals surface area contributed by atoms with Gasteiger partial charge in [-0.2, -0.15) is 0 Å². The molecular weight excluding hydrogens is 821 g/mol. The highest BCUT2D eigenvalue weighted by molar-refractivity contribution is 6.12. The van der Waals surface area contributed by atoms with E-state index in [2.05, 4.69) is 276 Å². The minimum Gasteiger partial charge on any atom is -0.310 e. The molecule has 0 N–H and O–H groups in total. The lowest BCUT2D eigenvalue weighted by atomic mass is 9.91. The normalized spacial score (nSPS) is 11.9. The second-order valence-electron chi connectivity index (χ2n) is 17.8. The summed E-state index contributed by atoms with van der Waals surface area (Å²) in [6, 6.07) is 95.5. The second-order valence-corrected chi connectivity index (χ2v) is 17.8. The maximum atomic E-state index is 2.43. The van der Waals surface area contributed by atoms with Crippen LogP contribution in [0.5, 0.6) is 0 Å². The van der Waals surface area contributed by atoms with Crippen molar-refractivity contribution < 1.29 is 0 Å². The number of nitrogens with zero attached hydrogens (tertiary/aromatic N) is 2. The summed E-state index contributed by atoms with van der Waals surface area (Å²) in [4.78, 5) is 2.41. The first-order valence-electron chi connectivity index (χ1n) is 23.4. The van der Waals surface area contributed by atoms with Crippen LogP contribution in [-0.2, 0) is 0 Å². The number of fused-ring (bicyclic) bond motifs is 8. The molecule has 13 aromatic rings. The minimum atomic E-state index is 1.07. The molecule has 0 fully saturated rings. The predicted octanol–water partition coefficient (Wildman–Crippen LogP) is 18.1. The molecule has 0 spiro atoms. The smallest absolute Gasteiger partial charge is 0.0541 e. The SMILES string of the molecule is C(=C(c1ccccc1)c1cc(-c2ccc3c(c2)c2ccccc2n3-c2ccc3c(ccc4ccccc43)c2)cc(N(c2ccccc2)c2ccc3ccccc3c2)c1)c1ccc2ccccc2c1. The molecule has 0 bridgehead atoms. The molecule has 13 rings (SSSR count). The molecule has 1 aromatic heterocycles. The van der Waals surface area contributed by atoms with E-state index in [1.165, 1.54) is 64.9 Å². The highest BCUT2D eigenvalue weighted by atomic mass is 15.1. The molecule has 12 aromatic carbocycles.